The van der Waals surface area contributed by atoms with E-state index < -0.39 is 0 Å². The molecule has 1 N–H and O–H groups in total. The maximum absolute atomic E-state index is 4.20. The number of hydrogen-bond acceptors (Lipinski definition) is 3. The van der Waals surface area contributed by atoms with E-state index in [1.54, 1.807) is 11.3 Å². The van der Waals surface area contributed by atoms with Crippen LogP contribution in [0.3, 0.4) is 0 Å². The van der Waals surface area contributed by atoms with E-state index in [2.05, 4.69) is 23.8 Å². The van der Waals surface area contributed by atoms with Crippen molar-refractivity contribution in [1.82, 2.24) is 10.3 Å². The Bertz CT molecular complexity index is 255. The van der Waals surface area contributed by atoms with Crippen LogP contribution >= 0.6 is 11.3 Å². The SMILES string of the molecule is C=CC(NCC)c1scnc1C. The third-order valence-corrected chi connectivity index (χ3v) is 2.74. The number of rotatable bonds is 4. The summed E-state index contributed by atoms with van der Waals surface area (Å²) in [4.78, 5) is 5.47. The Kier molecular flexibility index (Phi) is 3.44. The fraction of sp³-hybridized carbons (Fsp3) is 0.444. The zero-order chi connectivity index (χ0) is 8.97. The van der Waals surface area contributed by atoms with Crippen LogP contribution < -0.4 is 5.32 Å². The summed E-state index contributed by atoms with van der Waals surface area (Å²) in [6.45, 7) is 8.86. The molecule has 0 fully saturated rings. The molecule has 0 spiro atoms. The van der Waals surface area contributed by atoms with Crippen LogP contribution in [0.5, 0.6) is 0 Å². The van der Waals surface area contributed by atoms with Crippen LogP contribution in [0.2, 0.25) is 0 Å². The van der Waals surface area contributed by atoms with E-state index in [1.807, 2.05) is 18.5 Å². The highest BCUT2D eigenvalue weighted by molar-refractivity contribution is 7.09. The van der Waals surface area contributed by atoms with Crippen molar-refractivity contribution in [3.63, 3.8) is 0 Å². The first-order chi connectivity index (χ1) is 5.79. The molecule has 0 aliphatic heterocycles. The first-order valence-electron chi connectivity index (χ1n) is 4.05. The van der Waals surface area contributed by atoms with Gasteiger partial charge in [0, 0.05) is 4.88 Å². The van der Waals surface area contributed by atoms with Crippen LogP contribution in [0.15, 0.2) is 18.2 Å². The summed E-state index contributed by atoms with van der Waals surface area (Å²) < 4.78 is 0. The van der Waals surface area contributed by atoms with Gasteiger partial charge in [0.05, 0.1) is 17.2 Å². The van der Waals surface area contributed by atoms with E-state index in [0.29, 0.717) is 0 Å². The van der Waals surface area contributed by atoms with Crippen molar-refractivity contribution >= 4 is 11.3 Å². The molecule has 1 aromatic heterocycles. The molecular formula is C9H14N2S. The van der Waals surface area contributed by atoms with Crippen LogP contribution in [-0.2, 0) is 0 Å². The highest BCUT2D eigenvalue weighted by atomic mass is 32.1. The molecule has 0 aliphatic carbocycles. The monoisotopic (exact) mass is 182 g/mol. The molecule has 0 aliphatic rings. The fourth-order valence-corrected chi connectivity index (χ4v) is 1.99. The second kappa shape index (κ2) is 4.38. The second-order valence-electron chi connectivity index (χ2n) is 2.57. The van der Waals surface area contributed by atoms with Gasteiger partial charge >= 0.3 is 0 Å². The van der Waals surface area contributed by atoms with Crippen molar-refractivity contribution in [2.45, 2.75) is 19.9 Å². The van der Waals surface area contributed by atoms with Gasteiger partial charge in [-0.15, -0.1) is 17.9 Å². The van der Waals surface area contributed by atoms with Crippen molar-refractivity contribution in [2.75, 3.05) is 6.54 Å². The van der Waals surface area contributed by atoms with Crippen molar-refractivity contribution in [3.8, 4) is 0 Å². The quantitative estimate of drug-likeness (QED) is 0.723. The summed E-state index contributed by atoms with van der Waals surface area (Å²) in [5, 5.41) is 3.33. The van der Waals surface area contributed by atoms with Crippen molar-refractivity contribution < 1.29 is 0 Å². The Morgan fingerprint density at radius 2 is 2.58 bits per heavy atom. The summed E-state index contributed by atoms with van der Waals surface area (Å²) in [7, 11) is 0. The van der Waals surface area contributed by atoms with Gasteiger partial charge in [-0.2, -0.15) is 0 Å². The Labute approximate surface area is 77.3 Å². The summed E-state index contributed by atoms with van der Waals surface area (Å²) in [5.41, 5.74) is 2.98. The van der Waals surface area contributed by atoms with Gasteiger partial charge in [0.1, 0.15) is 0 Å². The van der Waals surface area contributed by atoms with E-state index in [4.69, 9.17) is 0 Å². The van der Waals surface area contributed by atoms with E-state index >= 15 is 0 Å². The predicted molar refractivity (Wildman–Crippen MR) is 53.5 cm³/mol. The summed E-state index contributed by atoms with van der Waals surface area (Å²) in [6, 6.07) is 0.266. The maximum atomic E-state index is 4.20. The third kappa shape index (κ3) is 1.93. The number of nitrogens with one attached hydrogen (secondary N) is 1. The molecule has 0 bridgehead atoms. The number of aromatic nitrogens is 1. The van der Waals surface area contributed by atoms with Gasteiger partial charge in [-0.3, -0.25) is 0 Å². The smallest absolute Gasteiger partial charge is 0.0798 e. The Morgan fingerprint density at radius 1 is 1.83 bits per heavy atom. The minimum atomic E-state index is 0.266. The van der Waals surface area contributed by atoms with Crippen molar-refractivity contribution in [3.05, 3.63) is 28.7 Å². The van der Waals surface area contributed by atoms with Crippen LogP contribution in [0.4, 0.5) is 0 Å². The zero-order valence-corrected chi connectivity index (χ0v) is 8.32. The Hall–Kier alpha value is -0.670. The van der Waals surface area contributed by atoms with Gasteiger partial charge in [0.2, 0.25) is 0 Å². The number of thiazole rings is 1. The van der Waals surface area contributed by atoms with Crippen LogP contribution in [0.25, 0.3) is 0 Å². The molecule has 0 aromatic carbocycles. The molecule has 0 amide bonds. The lowest BCUT2D eigenvalue weighted by Gasteiger charge is -2.11. The van der Waals surface area contributed by atoms with E-state index in [1.165, 1.54) is 4.88 Å². The molecule has 0 saturated carbocycles. The maximum Gasteiger partial charge on any atom is 0.0798 e. The average Bonchev–Trinajstić information content (AvgIpc) is 2.47. The molecule has 2 nitrogen and oxygen atoms in total. The number of aryl methyl sites for hydroxylation is 1. The largest absolute Gasteiger partial charge is 0.306 e. The summed E-state index contributed by atoms with van der Waals surface area (Å²) >= 11 is 1.68. The molecule has 1 aromatic rings. The lowest BCUT2D eigenvalue weighted by Crippen LogP contribution is -2.18. The molecule has 66 valence electrons. The summed E-state index contributed by atoms with van der Waals surface area (Å²) in [5.74, 6) is 0. The average molecular weight is 182 g/mol. The van der Waals surface area contributed by atoms with Crippen LogP contribution in [0, 0.1) is 6.92 Å². The van der Waals surface area contributed by atoms with E-state index in [9.17, 15) is 0 Å². The Balaban J connectivity index is 2.79. The Morgan fingerprint density at radius 3 is 3.00 bits per heavy atom. The van der Waals surface area contributed by atoms with Gasteiger partial charge in [0.15, 0.2) is 0 Å². The number of hydrogen-bond donors (Lipinski definition) is 1. The predicted octanol–water partition coefficient (Wildman–Crippen LogP) is 2.29. The topological polar surface area (TPSA) is 24.9 Å². The molecular weight excluding hydrogens is 168 g/mol. The van der Waals surface area contributed by atoms with Gasteiger partial charge < -0.3 is 5.32 Å². The van der Waals surface area contributed by atoms with Crippen molar-refractivity contribution in [2.24, 2.45) is 0 Å². The first-order valence-corrected chi connectivity index (χ1v) is 4.93. The minimum Gasteiger partial charge on any atom is -0.306 e. The molecule has 0 radical (unpaired) electrons. The van der Waals surface area contributed by atoms with Crippen LogP contribution in [-0.4, -0.2) is 11.5 Å². The lowest BCUT2D eigenvalue weighted by molar-refractivity contribution is 0.654. The van der Waals surface area contributed by atoms with E-state index in [-0.39, 0.29) is 6.04 Å². The molecule has 1 unspecified atom stereocenters. The van der Waals surface area contributed by atoms with Gasteiger partial charge in [-0.05, 0) is 13.5 Å². The van der Waals surface area contributed by atoms with Gasteiger partial charge in [0.25, 0.3) is 0 Å². The molecule has 1 rings (SSSR count). The molecule has 12 heavy (non-hydrogen) atoms. The number of likely N-dealkylation sites (N-methyl/N-ethyl adjacent to an activating group) is 1. The fourth-order valence-electron chi connectivity index (χ4n) is 1.11. The highest BCUT2D eigenvalue weighted by Gasteiger charge is 2.10. The first kappa shape index (κ1) is 9.42. The van der Waals surface area contributed by atoms with Crippen LogP contribution in [0.1, 0.15) is 23.5 Å². The zero-order valence-electron chi connectivity index (χ0n) is 7.50. The molecule has 1 heterocycles. The second-order valence-corrected chi connectivity index (χ2v) is 3.46. The summed E-state index contributed by atoms with van der Waals surface area (Å²) in [6.07, 6.45) is 1.92. The standard InChI is InChI=1S/C9H14N2S/c1-4-8(10-5-2)9-7(3)11-6-12-9/h4,6,8,10H,1,5H2,2-3H3. The minimum absolute atomic E-state index is 0.266. The van der Waals surface area contributed by atoms with Gasteiger partial charge in [-0.25, -0.2) is 4.98 Å². The number of nitrogens with zero attached hydrogens (tertiary/aromatic N) is 1. The molecule has 0 saturated heterocycles. The molecule has 1 atom stereocenters. The van der Waals surface area contributed by atoms with Crippen molar-refractivity contribution in [1.29, 1.82) is 0 Å². The van der Waals surface area contributed by atoms with E-state index in [0.717, 1.165) is 12.2 Å². The highest BCUT2D eigenvalue weighted by Crippen LogP contribution is 2.21. The lowest BCUT2D eigenvalue weighted by atomic mass is 10.2. The third-order valence-electron chi connectivity index (χ3n) is 1.72. The van der Waals surface area contributed by atoms with Gasteiger partial charge in [-0.1, -0.05) is 13.0 Å². The normalized spacial score (nSPS) is 12.8. The molecule has 3 heteroatoms.